The molecule has 12 heavy (non-hydrogen) atoms. The first-order chi connectivity index (χ1) is 5.45. The summed E-state index contributed by atoms with van der Waals surface area (Å²) in [5, 5.41) is 0. The summed E-state index contributed by atoms with van der Waals surface area (Å²) in [6.45, 7) is 3.20. The fraction of sp³-hybridized carbons (Fsp3) is 0.400. The first-order valence-electron chi connectivity index (χ1n) is 2.91. The zero-order chi connectivity index (χ0) is 9.61. The topological polar surface area (TPSA) is 93.1 Å². The zero-order valence-electron chi connectivity index (χ0n) is 6.17. The molecule has 0 saturated heterocycles. The van der Waals surface area contributed by atoms with E-state index < -0.39 is 20.1 Å². The summed E-state index contributed by atoms with van der Waals surface area (Å²) in [4.78, 5) is 26.9. The fourth-order valence-corrected chi connectivity index (χ4v) is 0.579. The minimum absolute atomic E-state index is 0.0556. The molecular formula is C5H9O6P. The van der Waals surface area contributed by atoms with Crippen molar-refractivity contribution in [1.82, 2.24) is 0 Å². The molecule has 0 aromatic rings. The highest BCUT2D eigenvalue weighted by atomic mass is 31.2. The van der Waals surface area contributed by atoms with E-state index in [-0.39, 0.29) is 6.61 Å². The van der Waals surface area contributed by atoms with Crippen LogP contribution in [0, 0.1) is 0 Å². The minimum Gasteiger partial charge on any atom is -0.430 e. The van der Waals surface area contributed by atoms with Gasteiger partial charge in [0.1, 0.15) is 6.61 Å². The number of ether oxygens (including phenoxy) is 2. The molecule has 0 unspecified atom stereocenters. The molecule has 0 aliphatic heterocycles. The summed E-state index contributed by atoms with van der Waals surface area (Å²) in [7, 11) is -4.30. The second-order valence-electron chi connectivity index (χ2n) is 1.79. The van der Waals surface area contributed by atoms with E-state index in [4.69, 9.17) is 9.79 Å². The highest BCUT2D eigenvalue weighted by Crippen LogP contribution is 2.33. The molecule has 2 N–H and O–H groups in total. The third kappa shape index (κ3) is 7.27. The largest absolute Gasteiger partial charge is 0.509 e. The van der Waals surface area contributed by atoms with E-state index in [1.165, 1.54) is 6.08 Å². The summed E-state index contributed by atoms with van der Waals surface area (Å²) in [6, 6.07) is 0. The highest BCUT2D eigenvalue weighted by Gasteiger charge is 2.16. The number of hydrogen-bond acceptors (Lipinski definition) is 4. The molecule has 6 nitrogen and oxygen atoms in total. The SMILES string of the molecule is C=CCOC(=O)OCP(=O)(O)O. The third-order valence-corrected chi connectivity index (χ3v) is 1.14. The van der Waals surface area contributed by atoms with Crippen molar-refractivity contribution in [2.75, 3.05) is 13.0 Å². The van der Waals surface area contributed by atoms with Gasteiger partial charge in [-0.2, -0.15) is 0 Å². The second-order valence-corrected chi connectivity index (χ2v) is 3.38. The normalized spacial score (nSPS) is 10.5. The maximum absolute atomic E-state index is 10.4. The molecule has 0 fully saturated rings. The third-order valence-electron chi connectivity index (χ3n) is 0.670. The van der Waals surface area contributed by atoms with Gasteiger partial charge in [-0.25, -0.2) is 4.79 Å². The Labute approximate surface area is 68.9 Å². The molecule has 0 amide bonds. The van der Waals surface area contributed by atoms with Crippen molar-refractivity contribution < 1.29 is 28.6 Å². The summed E-state index contributed by atoms with van der Waals surface area (Å²) >= 11 is 0. The Morgan fingerprint density at radius 2 is 2.08 bits per heavy atom. The first-order valence-corrected chi connectivity index (χ1v) is 4.70. The van der Waals surface area contributed by atoms with Crippen molar-refractivity contribution >= 4 is 13.8 Å². The molecule has 0 saturated carbocycles. The van der Waals surface area contributed by atoms with Crippen molar-refractivity contribution in [3.8, 4) is 0 Å². The highest BCUT2D eigenvalue weighted by molar-refractivity contribution is 7.51. The average Bonchev–Trinajstić information content (AvgIpc) is 1.95. The Balaban J connectivity index is 3.58. The van der Waals surface area contributed by atoms with Gasteiger partial charge in [0.15, 0.2) is 6.35 Å². The van der Waals surface area contributed by atoms with Crippen LogP contribution in [0.3, 0.4) is 0 Å². The van der Waals surface area contributed by atoms with Crippen LogP contribution in [0.15, 0.2) is 12.7 Å². The van der Waals surface area contributed by atoms with Crippen LogP contribution in [0.25, 0.3) is 0 Å². The van der Waals surface area contributed by atoms with Gasteiger partial charge in [0.05, 0.1) is 0 Å². The lowest BCUT2D eigenvalue weighted by molar-refractivity contribution is 0.0717. The van der Waals surface area contributed by atoms with E-state index in [2.05, 4.69) is 16.1 Å². The predicted octanol–water partition coefficient (Wildman–Crippen LogP) is 0.461. The summed E-state index contributed by atoms with van der Waals surface area (Å²) < 4.78 is 18.5. The van der Waals surface area contributed by atoms with Gasteiger partial charge in [0.25, 0.3) is 0 Å². The Hall–Kier alpha value is -0.840. The van der Waals surface area contributed by atoms with Crippen molar-refractivity contribution in [2.24, 2.45) is 0 Å². The van der Waals surface area contributed by atoms with Crippen LogP contribution in [0.5, 0.6) is 0 Å². The molecule has 0 aromatic carbocycles. The van der Waals surface area contributed by atoms with Gasteiger partial charge in [0.2, 0.25) is 0 Å². The molecule has 7 heteroatoms. The van der Waals surface area contributed by atoms with Crippen LogP contribution in [0.1, 0.15) is 0 Å². The van der Waals surface area contributed by atoms with E-state index in [9.17, 15) is 9.36 Å². The van der Waals surface area contributed by atoms with Gasteiger partial charge in [-0.1, -0.05) is 12.7 Å². The van der Waals surface area contributed by atoms with Crippen LogP contribution in [0.2, 0.25) is 0 Å². The van der Waals surface area contributed by atoms with E-state index in [0.29, 0.717) is 0 Å². The van der Waals surface area contributed by atoms with E-state index >= 15 is 0 Å². The van der Waals surface area contributed by atoms with Gasteiger partial charge in [-0.3, -0.25) is 4.57 Å². The summed E-state index contributed by atoms with van der Waals surface area (Å²) in [5.74, 6) is 0. The predicted molar refractivity (Wildman–Crippen MR) is 39.5 cm³/mol. The van der Waals surface area contributed by atoms with Gasteiger partial charge in [-0.05, 0) is 0 Å². The molecule has 0 aromatic heterocycles. The second kappa shape index (κ2) is 4.92. The molecule has 0 atom stereocenters. The molecule has 0 rings (SSSR count). The lowest BCUT2D eigenvalue weighted by Gasteiger charge is -2.04. The quantitative estimate of drug-likeness (QED) is 0.385. The van der Waals surface area contributed by atoms with Gasteiger partial charge >= 0.3 is 13.8 Å². The van der Waals surface area contributed by atoms with E-state index in [1.54, 1.807) is 0 Å². The summed E-state index contributed by atoms with van der Waals surface area (Å²) in [6.07, 6.45) is -0.792. The fourth-order valence-electron chi connectivity index (χ4n) is 0.305. The van der Waals surface area contributed by atoms with Crippen LogP contribution < -0.4 is 0 Å². The molecule has 0 bridgehead atoms. The smallest absolute Gasteiger partial charge is 0.430 e. The molecule has 0 radical (unpaired) electrons. The van der Waals surface area contributed by atoms with Crippen LogP contribution in [-0.2, 0) is 14.0 Å². The number of rotatable bonds is 4. The van der Waals surface area contributed by atoms with E-state index in [1.807, 2.05) is 0 Å². The molecule has 0 heterocycles. The monoisotopic (exact) mass is 196 g/mol. The molecular weight excluding hydrogens is 187 g/mol. The lowest BCUT2D eigenvalue weighted by Crippen LogP contribution is -2.08. The Kier molecular flexibility index (Phi) is 4.58. The van der Waals surface area contributed by atoms with Crippen LogP contribution in [-0.4, -0.2) is 28.9 Å². The van der Waals surface area contributed by atoms with Gasteiger partial charge in [0, 0.05) is 0 Å². The standard InChI is InChI=1S/C5H9O6P/c1-2-3-10-5(6)11-4-12(7,8)9/h2H,1,3-4H2,(H2,7,8,9). The van der Waals surface area contributed by atoms with Gasteiger partial charge < -0.3 is 19.3 Å². The zero-order valence-corrected chi connectivity index (χ0v) is 7.07. The Morgan fingerprint density at radius 3 is 2.50 bits per heavy atom. The maximum Gasteiger partial charge on any atom is 0.509 e. The van der Waals surface area contributed by atoms with Crippen molar-refractivity contribution in [1.29, 1.82) is 0 Å². The van der Waals surface area contributed by atoms with Crippen LogP contribution in [0.4, 0.5) is 4.79 Å². The van der Waals surface area contributed by atoms with Gasteiger partial charge in [-0.15, -0.1) is 0 Å². The maximum atomic E-state index is 10.4. The lowest BCUT2D eigenvalue weighted by atomic mass is 10.7. The van der Waals surface area contributed by atoms with Crippen molar-refractivity contribution in [2.45, 2.75) is 0 Å². The molecule has 0 spiro atoms. The van der Waals surface area contributed by atoms with Crippen LogP contribution >= 0.6 is 7.60 Å². The molecule has 0 aliphatic rings. The van der Waals surface area contributed by atoms with Crippen molar-refractivity contribution in [3.05, 3.63) is 12.7 Å². The summed E-state index contributed by atoms with van der Waals surface area (Å²) in [5.41, 5.74) is 0. The number of carbonyl (C=O) groups excluding carboxylic acids is 1. The van der Waals surface area contributed by atoms with E-state index in [0.717, 1.165) is 0 Å². The Bertz CT molecular complexity index is 206. The minimum atomic E-state index is -4.30. The number of carbonyl (C=O) groups is 1. The average molecular weight is 196 g/mol. The molecule has 70 valence electrons. The molecule has 0 aliphatic carbocycles. The van der Waals surface area contributed by atoms with Crippen molar-refractivity contribution in [3.63, 3.8) is 0 Å². The first kappa shape index (κ1) is 11.2. The Morgan fingerprint density at radius 1 is 1.50 bits per heavy atom. The number of hydrogen-bond donors (Lipinski definition) is 2.